The number of hydrogen-bond acceptors (Lipinski definition) is 4. The SMILES string of the molecule is COC(C)CNCc1ncccn1. The van der Waals surface area contributed by atoms with E-state index in [1.807, 2.05) is 6.92 Å². The molecule has 0 aliphatic rings. The van der Waals surface area contributed by atoms with Crippen LogP contribution in [-0.4, -0.2) is 29.7 Å². The van der Waals surface area contributed by atoms with Gasteiger partial charge < -0.3 is 10.1 Å². The van der Waals surface area contributed by atoms with E-state index in [1.54, 1.807) is 25.6 Å². The van der Waals surface area contributed by atoms with Crippen LogP contribution in [0.5, 0.6) is 0 Å². The predicted molar refractivity (Wildman–Crippen MR) is 50.2 cm³/mol. The van der Waals surface area contributed by atoms with Crippen LogP contribution in [-0.2, 0) is 11.3 Å². The second-order valence-electron chi connectivity index (χ2n) is 2.84. The fourth-order valence-corrected chi connectivity index (χ4v) is 0.892. The number of methoxy groups -OCH3 is 1. The lowest BCUT2D eigenvalue weighted by Gasteiger charge is -2.09. The summed E-state index contributed by atoms with van der Waals surface area (Å²) in [5.41, 5.74) is 0. The molecule has 0 spiro atoms. The molecule has 72 valence electrons. The number of hydrogen-bond donors (Lipinski definition) is 1. The lowest BCUT2D eigenvalue weighted by Crippen LogP contribution is -2.26. The smallest absolute Gasteiger partial charge is 0.141 e. The van der Waals surface area contributed by atoms with Gasteiger partial charge in [-0.05, 0) is 13.0 Å². The van der Waals surface area contributed by atoms with Gasteiger partial charge in [-0.15, -0.1) is 0 Å². The van der Waals surface area contributed by atoms with E-state index in [1.165, 1.54) is 0 Å². The Hall–Kier alpha value is -1.00. The molecule has 0 fully saturated rings. The minimum Gasteiger partial charge on any atom is -0.380 e. The minimum atomic E-state index is 0.226. The Labute approximate surface area is 78.4 Å². The summed E-state index contributed by atoms with van der Waals surface area (Å²) in [6.07, 6.45) is 3.71. The van der Waals surface area contributed by atoms with Crippen LogP contribution in [0.25, 0.3) is 0 Å². The summed E-state index contributed by atoms with van der Waals surface area (Å²) in [5.74, 6) is 0.811. The number of rotatable bonds is 5. The van der Waals surface area contributed by atoms with E-state index in [2.05, 4.69) is 15.3 Å². The average Bonchev–Trinajstić information content (AvgIpc) is 2.19. The largest absolute Gasteiger partial charge is 0.380 e. The van der Waals surface area contributed by atoms with E-state index < -0.39 is 0 Å². The molecule has 0 aliphatic heterocycles. The van der Waals surface area contributed by atoms with Crippen molar-refractivity contribution in [3.63, 3.8) is 0 Å². The fraction of sp³-hybridized carbons (Fsp3) is 0.556. The molecule has 1 N–H and O–H groups in total. The van der Waals surface area contributed by atoms with Gasteiger partial charge >= 0.3 is 0 Å². The molecular weight excluding hydrogens is 166 g/mol. The van der Waals surface area contributed by atoms with Crippen LogP contribution in [0.15, 0.2) is 18.5 Å². The molecule has 4 heteroatoms. The molecule has 0 saturated heterocycles. The van der Waals surface area contributed by atoms with Crippen molar-refractivity contribution >= 4 is 0 Å². The van der Waals surface area contributed by atoms with E-state index in [0.29, 0.717) is 6.54 Å². The first kappa shape index (κ1) is 10.1. The number of aromatic nitrogens is 2. The third-order valence-electron chi connectivity index (χ3n) is 1.74. The summed E-state index contributed by atoms with van der Waals surface area (Å²) in [4.78, 5) is 8.17. The van der Waals surface area contributed by atoms with Crippen molar-refractivity contribution in [2.45, 2.75) is 19.6 Å². The highest BCUT2D eigenvalue weighted by atomic mass is 16.5. The quantitative estimate of drug-likeness (QED) is 0.722. The summed E-state index contributed by atoms with van der Waals surface area (Å²) in [6, 6.07) is 1.81. The molecule has 1 aromatic rings. The van der Waals surface area contributed by atoms with Crippen LogP contribution in [0.1, 0.15) is 12.7 Å². The van der Waals surface area contributed by atoms with Crippen molar-refractivity contribution in [3.05, 3.63) is 24.3 Å². The highest BCUT2D eigenvalue weighted by Gasteiger charge is 1.98. The molecule has 1 atom stereocenters. The molecule has 1 heterocycles. The number of ether oxygens (including phenoxy) is 1. The maximum atomic E-state index is 5.08. The molecule has 0 radical (unpaired) electrons. The molecule has 4 nitrogen and oxygen atoms in total. The topological polar surface area (TPSA) is 47.0 Å². The number of nitrogens with zero attached hydrogens (tertiary/aromatic N) is 2. The van der Waals surface area contributed by atoms with Gasteiger partial charge in [0.15, 0.2) is 0 Å². The maximum absolute atomic E-state index is 5.08. The van der Waals surface area contributed by atoms with E-state index in [4.69, 9.17) is 4.74 Å². The molecule has 1 rings (SSSR count). The van der Waals surface area contributed by atoms with Crippen molar-refractivity contribution in [3.8, 4) is 0 Å². The van der Waals surface area contributed by atoms with Gasteiger partial charge in [0, 0.05) is 26.0 Å². The van der Waals surface area contributed by atoms with E-state index in [-0.39, 0.29) is 6.10 Å². The molecule has 0 aliphatic carbocycles. The van der Waals surface area contributed by atoms with Gasteiger partial charge in [-0.2, -0.15) is 0 Å². The van der Waals surface area contributed by atoms with Crippen molar-refractivity contribution < 1.29 is 4.74 Å². The molecule has 0 aromatic carbocycles. The highest BCUT2D eigenvalue weighted by Crippen LogP contribution is 1.88. The normalized spacial score (nSPS) is 12.8. The first-order chi connectivity index (χ1) is 6.33. The Bertz CT molecular complexity index is 228. The van der Waals surface area contributed by atoms with Gasteiger partial charge in [-0.3, -0.25) is 0 Å². The van der Waals surface area contributed by atoms with E-state index in [9.17, 15) is 0 Å². The van der Waals surface area contributed by atoms with Crippen LogP contribution in [0.3, 0.4) is 0 Å². The Morgan fingerprint density at radius 3 is 2.77 bits per heavy atom. The Morgan fingerprint density at radius 1 is 1.46 bits per heavy atom. The molecule has 0 saturated carbocycles. The van der Waals surface area contributed by atoms with Crippen LogP contribution in [0.4, 0.5) is 0 Å². The van der Waals surface area contributed by atoms with Gasteiger partial charge in [-0.25, -0.2) is 9.97 Å². The van der Waals surface area contributed by atoms with Gasteiger partial charge in [0.25, 0.3) is 0 Å². The summed E-state index contributed by atoms with van der Waals surface area (Å²) in [7, 11) is 1.70. The van der Waals surface area contributed by atoms with Gasteiger partial charge in [0.05, 0.1) is 12.6 Å². The Balaban J connectivity index is 2.20. The molecular formula is C9H15N3O. The third kappa shape index (κ3) is 3.96. The molecule has 1 aromatic heterocycles. The summed E-state index contributed by atoms with van der Waals surface area (Å²) < 4.78 is 5.08. The predicted octanol–water partition coefficient (Wildman–Crippen LogP) is 0.601. The molecule has 13 heavy (non-hydrogen) atoms. The van der Waals surface area contributed by atoms with E-state index >= 15 is 0 Å². The molecule has 0 bridgehead atoms. The molecule has 0 amide bonds. The zero-order chi connectivity index (χ0) is 9.52. The van der Waals surface area contributed by atoms with Gasteiger partial charge in [-0.1, -0.05) is 0 Å². The van der Waals surface area contributed by atoms with Crippen molar-refractivity contribution in [1.29, 1.82) is 0 Å². The van der Waals surface area contributed by atoms with E-state index in [0.717, 1.165) is 12.4 Å². The standard InChI is InChI=1S/C9H15N3O/c1-8(13-2)6-10-7-9-11-4-3-5-12-9/h3-5,8,10H,6-7H2,1-2H3. The van der Waals surface area contributed by atoms with Crippen molar-refractivity contribution in [2.24, 2.45) is 0 Å². The van der Waals surface area contributed by atoms with Crippen molar-refractivity contribution in [2.75, 3.05) is 13.7 Å². The van der Waals surface area contributed by atoms with Gasteiger partial charge in [0.1, 0.15) is 5.82 Å². The monoisotopic (exact) mass is 181 g/mol. The first-order valence-electron chi connectivity index (χ1n) is 4.32. The number of nitrogens with one attached hydrogen (secondary N) is 1. The zero-order valence-corrected chi connectivity index (χ0v) is 8.03. The average molecular weight is 181 g/mol. The van der Waals surface area contributed by atoms with Crippen LogP contribution >= 0.6 is 0 Å². The summed E-state index contributed by atoms with van der Waals surface area (Å²) in [6.45, 7) is 3.52. The summed E-state index contributed by atoms with van der Waals surface area (Å²) in [5, 5.41) is 3.20. The maximum Gasteiger partial charge on any atom is 0.141 e. The summed E-state index contributed by atoms with van der Waals surface area (Å²) >= 11 is 0. The third-order valence-corrected chi connectivity index (χ3v) is 1.74. The lowest BCUT2D eigenvalue weighted by molar-refractivity contribution is 0.117. The van der Waals surface area contributed by atoms with Crippen molar-refractivity contribution in [1.82, 2.24) is 15.3 Å². The molecule has 1 unspecified atom stereocenters. The second-order valence-corrected chi connectivity index (χ2v) is 2.84. The van der Waals surface area contributed by atoms with Crippen LogP contribution in [0, 0.1) is 0 Å². The van der Waals surface area contributed by atoms with Gasteiger partial charge in [0.2, 0.25) is 0 Å². The van der Waals surface area contributed by atoms with Crippen LogP contribution < -0.4 is 5.32 Å². The zero-order valence-electron chi connectivity index (χ0n) is 8.03. The van der Waals surface area contributed by atoms with Crippen LogP contribution in [0.2, 0.25) is 0 Å². The lowest BCUT2D eigenvalue weighted by atomic mass is 10.4. The minimum absolute atomic E-state index is 0.226. The fourth-order valence-electron chi connectivity index (χ4n) is 0.892. The first-order valence-corrected chi connectivity index (χ1v) is 4.32. The second kappa shape index (κ2) is 5.61. The highest BCUT2D eigenvalue weighted by molar-refractivity contribution is 4.87. The Kier molecular flexibility index (Phi) is 4.35. The Morgan fingerprint density at radius 2 is 2.15 bits per heavy atom.